The number of fused-ring (bicyclic) bond motifs is 1. The van der Waals surface area contributed by atoms with E-state index in [0.29, 0.717) is 19.5 Å². The van der Waals surface area contributed by atoms with Gasteiger partial charge in [0.2, 0.25) is 0 Å². The first-order valence-electron chi connectivity index (χ1n) is 7.36. The lowest BCUT2D eigenvalue weighted by Gasteiger charge is -2.36. The van der Waals surface area contributed by atoms with Gasteiger partial charge in [0, 0.05) is 26.6 Å². The molecule has 0 fully saturated rings. The monoisotopic (exact) mass is 290 g/mol. The van der Waals surface area contributed by atoms with Crippen molar-refractivity contribution in [1.82, 2.24) is 9.80 Å². The number of urea groups is 1. The van der Waals surface area contributed by atoms with E-state index in [9.17, 15) is 14.7 Å². The van der Waals surface area contributed by atoms with Crippen molar-refractivity contribution in [2.75, 3.05) is 13.6 Å². The van der Waals surface area contributed by atoms with E-state index in [1.807, 2.05) is 24.3 Å². The third kappa shape index (κ3) is 3.35. The summed E-state index contributed by atoms with van der Waals surface area (Å²) in [7, 11) is 1.73. The molecule has 0 radical (unpaired) electrons. The second kappa shape index (κ2) is 6.61. The second-order valence-corrected chi connectivity index (χ2v) is 5.51. The molecule has 5 heteroatoms. The summed E-state index contributed by atoms with van der Waals surface area (Å²) in [4.78, 5) is 27.1. The van der Waals surface area contributed by atoms with E-state index in [4.69, 9.17) is 0 Å². The van der Waals surface area contributed by atoms with Crippen LogP contribution in [0.3, 0.4) is 0 Å². The molecule has 0 spiro atoms. The topological polar surface area (TPSA) is 60.9 Å². The van der Waals surface area contributed by atoms with E-state index in [-0.39, 0.29) is 6.03 Å². The summed E-state index contributed by atoms with van der Waals surface area (Å²) < 4.78 is 0. The Morgan fingerprint density at radius 1 is 1.33 bits per heavy atom. The summed E-state index contributed by atoms with van der Waals surface area (Å²) in [5.41, 5.74) is 2.05. The molecule has 1 N–H and O–H groups in total. The third-order valence-electron chi connectivity index (χ3n) is 3.95. The molecule has 1 aliphatic heterocycles. The highest BCUT2D eigenvalue weighted by atomic mass is 16.4. The number of carboxylic acids is 1. The number of hydrogen-bond acceptors (Lipinski definition) is 2. The normalized spacial score (nSPS) is 17.2. The molecule has 0 aliphatic carbocycles. The minimum Gasteiger partial charge on any atom is -0.480 e. The number of nitrogens with zero attached hydrogens (tertiary/aromatic N) is 2. The van der Waals surface area contributed by atoms with Gasteiger partial charge in [-0.05, 0) is 17.5 Å². The first-order valence-corrected chi connectivity index (χ1v) is 7.36. The van der Waals surface area contributed by atoms with Crippen LogP contribution in [0.4, 0.5) is 4.79 Å². The molecule has 1 atom stereocenters. The number of carboxylic acid groups (broad SMARTS) is 1. The lowest BCUT2D eigenvalue weighted by atomic mass is 9.94. The van der Waals surface area contributed by atoms with Gasteiger partial charge < -0.3 is 14.9 Å². The van der Waals surface area contributed by atoms with Crippen molar-refractivity contribution < 1.29 is 14.7 Å². The number of unbranched alkanes of at least 4 members (excludes halogenated alkanes) is 1. The van der Waals surface area contributed by atoms with Gasteiger partial charge in [-0.1, -0.05) is 37.6 Å². The number of benzene rings is 1. The third-order valence-corrected chi connectivity index (χ3v) is 3.95. The Morgan fingerprint density at radius 2 is 2.00 bits per heavy atom. The first kappa shape index (κ1) is 15.4. The van der Waals surface area contributed by atoms with Crippen molar-refractivity contribution >= 4 is 12.0 Å². The maximum atomic E-state index is 12.5. The fraction of sp³-hybridized carbons (Fsp3) is 0.500. The Labute approximate surface area is 125 Å². The van der Waals surface area contributed by atoms with Crippen molar-refractivity contribution in [3.8, 4) is 0 Å². The highest BCUT2D eigenvalue weighted by molar-refractivity contribution is 5.83. The quantitative estimate of drug-likeness (QED) is 0.926. The predicted octanol–water partition coefficient (Wildman–Crippen LogP) is 2.35. The molecule has 0 aromatic heterocycles. The van der Waals surface area contributed by atoms with Crippen LogP contribution in [-0.2, 0) is 17.8 Å². The summed E-state index contributed by atoms with van der Waals surface area (Å²) in [6, 6.07) is 6.74. The van der Waals surface area contributed by atoms with Gasteiger partial charge in [-0.2, -0.15) is 0 Å². The summed E-state index contributed by atoms with van der Waals surface area (Å²) in [5.74, 6) is -0.943. The molecule has 1 heterocycles. The zero-order valence-corrected chi connectivity index (χ0v) is 12.6. The van der Waals surface area contributed by atoms with Gasteiger partial charge in [-0.15, -0.1) is 0 Å². The zero-order valence-electron chi connectivity index (χ0n) is 12.6. The van der Waals surface area contributed by atoms with Crippen LogP contribution >= 0.6 is 0 Å². The molecule has 2 amide bonds. The van der Waals surface area contributed by atoms with Gasteiger partial charge in [0.1, 0.15) is 6.04 Å². The molecule has 1 aromatic carbocycles. The molecule has 114 valence electrons. The van der Waals surface area contributed by atoms with E-state index in [1.54, 1.807) is 11.9 Å². The van der Waals surface area contributed by atoms with Crippen LogP contribution in [0.5, 0.6) is 0 Å². The Balaban J connectivity index is 2.20. The summed E-state index contributed by atoms with van der Waals surface area (Å²) >= 11 is 0. The summed E-state index contributed by atoms with van der Waals surface area (Å²) in [6.07, 6.45) is 2.30. The Kier molecular flexibility index (Phi) is 4.83. The first-order chi connectivity index (χ1) is 10.0. The molecular formula is C16H22N2O3. The number of carbonyl (C=O) groups excluding carboxylic acids is 1. The maximum Gasteiger partial charge on any atom is 0.326 e. The molecule has 0 bridgehead atoms. The van der Waals surface area contributed by atoms with Crippen molar-refractivity contribution in [3.63, 3.8) is 0 Å². The standard InChI is InChI=1S/C16H22N2O3/c1-3-4-9-17(2)16(21)18-11-13-8-6-5-7-12(13)10-14(18)15(19)20/h5-8,14H,3-4,9-11H2,1-2H3,(H,19,20)/t14-/m1/s1. The highest BCUT2D eigenvalue weighted by Gasteiger charge is 2.35. The molecule has 0 saturated carbocycles. The number of rotatable bonds is 4. The predicted molar refractivity (Wildman–Crippen MR) is 80.0 cm³/mol. The summed E-state index contributed by atoms with van der Waals surface area (Å²) in [6.45, 7) is 3.08. The van der Waals surface area contributed by atoms with Crippen molar-refractivity contribution in [1.29, 1.82) is 0 Å². The van der Waals surface area contributed by atoms with Crippen LogP contribution in [-0.4, -0.2) is 46.5 Å². The molecule has 21 heavy (non-hydrogen) atoms. The number of hydrogen-bond donors (Lipinski definition) is 1. The zero-order chi connectivity index (χ0) is 15.4. The number of amides is 2. The fourth-order valence-electron chi connectivity index (χ4n) is 2.65. The largest absolute Gasteiger partial charge is 0.480 e. The Hall–Kier alpha value is -2.04. The minimum absolute atomic E-state index is 0.203. The van der Waals surface area contributed by atoms with Crippen LogP contribution in [0, 0.1) is 0 Å². The Morgan fingerprint density at radius 3 is 2.62 bits per heavy atom. The number of aliphatic carboxylic acids is 1. The van der Waals surface area contributed by atoms with E-state index in [0.717, 1.165) is 24.0 Å². The smallest absolute Gasteiger partial charge is 0.326 e. The van der Waals surface area contributed by atoms with Gasteiger partial charge in [0.15, 0.2) is 0 Å². The van der Waals surface area contributed by atoms with Crippen LogP contribution in [0.25, 0.3) is 0 Å². The van der Waals surface area contributed by atoms with Crippen LogP contribution in [0.1, 0.15) is 30.9 Å². The lowest BCUT2D eigenvalue weighted by Crippen LogP contribution is -2.52. The van der Waals surface area contributed by atoms with Gasteiger partial charge in [-0.3, -0.25) is 0 Å². The average Bonchev–Trinajstić information content (AvgIpc) is 2.50. The van der Waals surface area contributed by atoms with Crippen LogP contribution < -0.4 is 0 Å². The Bertz CT molecular complexity index is 530. The molecule has 0 unspecified atom stereocenters. The van der Waals surface area contributed by atoms with Gasteiger partial charge in [0.05, 0.1) is 0 Å². The second-order valence-electron chi connectivity index (χ2n) is 5.51. The van der Waals surface area contributed by atoms with Crippen LogP contribution in [0.15, 0.2) is 24.3 Å². The van der Waals surface area contributed by atoms with E-state index in [2.05, 4.69) is 6.92 Å². The van der Waals surface area contributed by atoms with E-state index >= 15 is 0 Å². The van der Waals surface area contributed by atoms with Gasteiger partial charge in [0.25, 0.3) is 0 Å². The van der Waals surface area contributed by atoms with Crippen molar-refractivity contribution in [3.05, 3.63) is 35.4 Å². The molecule has 0 saturated heterocycles. The van der Waals surface area contributed by atoms with Crippen LogP contribution in [0.2, 0.25) is 0 Å². The fourth-order valence-corrected chi connectivity index (χ4v) is 2.65. The molecule has 5 nitrogen and oxygen atoms in total. The average molecular weight is 290 g/mol. The van der Waals surface area contributed by atoms with E-state index in [1.165, 1.54) is 4.90 Å². The lowest BCUT2D eigenvalue weighted by molar-refractivity contribution is -0.142. The molecule has 1 aromatic rings. The molecule has 1 aliphatic rings. The summed E-state index contributed by atoms with van der Waals surface area (Å²) in [5, 5.41) is 9.43. The van der Waals surface area contributed by atoms with Crippen molar-refractivity contribution in [2.45, 2.75) is 38.8 Å². The SMILES string of the molecule is CCCCN(C)C(=O)N1Cc2ccccc2C[C@@H]1C(=O)O. The van der Waals surface area contributed by atoms with Crippen molar-refractivity contribution in [2.24, 2.45) is 0 Å². The minimum atomic E-state index is -0.943. The van der Waals surface area contributed by atoms with Gasteiger partial charge in [-0.25, -0.2) is 9.59 Å². The maximum absolute atomic E-state index is 12.5. The van der Waals surface area contributed by atoms with Gasteiger partial charge >= 0.3 is 12.0 Å². The molecular weight excluding hydrogens is 268 g/mol. The molecule has 2 rings (SSSR count). The highest BCUT2D eigenvalue weighted by Crippen LogP contribution is 2.24. The number of carbonyl (C=O) groups is 2. The van der Waals surface area contributed by atoms with E-state index < -0.39 is 12.0 Å².